The van der Waals surface area contributed by atoms with E-state index in [2.05, 4.69) is 56.4 Å². The molecule has 0 radical (unpaired) electrons. The number of hydrogen-bond acceptors (Lipinski definition) is 1. The SMILES string of the molecule is CCCCCCCCCCCC.CCCCCc1ccccc1.CNC. The van der Waals surface area contributed by atoms with Crippen molar-refractivity contribution in [2.24, 2.45) is 0 Å². The van der Waals surface area contributed by atoms with Gasteiger partial charge >= 0.3 is 0 Å². The Morgan fingerprint density at radius 3 is 1.27 bits per heavy atom. The zero-order valence-electron chi connectivity index (χ0n) is 18.8. The Balaban J connectivity index is 0. The second kappa shape index (κ2) is 26.4. The highest BCUT2D eigenvalue weighted by Gasteiger charge is 1.90. The molecule has 0 aliphatic heterocycles. The Bertz CT molecular complexity index is 310. The monoisotopic (exact) mass is 363 g/mol. The van der Waals surface area contributed by atoms with Gasteiger partial charge in [-0.3, -0.25) is 0 Å². The van der Waals surface area contributed by atoms with Crippen LogP contribution in [0.3, 0.4) is 0 Å². The molecular weight excluding hydrogens is 314 g/mol. The van der Waals surface area contributed by atoms with E-state index >= 15 is 0 Å². The van der Waals surface area contributed by atoms with Crippen LogP contribution < -0.4 is 5.32 Å². The fourth-order valence-electron chi connectivity index (χ4n) is 2.78. The van der Waals surface area contributed by atoms with Crippen LogP contribution in [-0.4, -0.2) is 14.1 Å². The molecule has 154 valence electrons. The summed E-state index contributed by atoms with van der Waals surface area (Å²) in [4.78, 5) is 0. The van der Waals surface area contributed by atoms with Crippen molar-refractivity contribution in [1.29, 1.82) is 0 Å². The molecule has 0 spiro atoms. The van der Waals surface area contributed by atoms with Crippen LogP contribution >= 0.6 is 0 Å². The number of nitrogens with one attached hydrogen (secondary N) is 1. The summed E-state index contributed by atoms with van der Waals surface area (Å²) in [5, 5.41) is 2.75. The van der Waals surface area contributed by atoms with E-state index in [0.29, 0.717) is 0 Å². The lowest BCUT2D eigenvalue weighted by Gasteiger charge is -1.99. The van der Waals surface area contributed by atoms with Crippen molar-refractivity contribution < 1.29 is 0 Å². The highest BCUT2D eigenvalue weighted by molar-refractivity contribution is 5.14. The Morgan fingerprint density at radius 1 is 0.538 bits per heavy atom. The quantitative estimate of drug-likeness (QED) is 0.348. The molecule has 0 aromatic heterocycles. The average molecular weight is 364 g/mol. The summed E-state index contributed by atoms with van der Waals surface area (Å²) in [6, 6.07) is 10.7. The predicted octanol–water partition coefficient (Wildman–Crippen LogP) is 8.18. The van der Waals surface area contributed by atoms with Gasteiger partial charge in [-0.2, -0.15) is 0 Å². The van der Waals surface area contributed by atoms with Gasteiger partial charge in [-0.05, 0) is 32.5 Å². The zero-order chi connectivity index (χ0) is 19.7. The van der Waals surface area contributed by atoms with Crippen molar-refractivity contribution in [2.45, 2.75) is 111 Å². The summed E-state index contributed by atoms with van der Waals surface area (Å²) in [5.74, 6) is 0. The minimum Gasteiger partial charge on any atom is -0.323 e. The number of aryl methyl sites for hydroxylation is 1. The molecule has 0 heterocycles. The highest BCUT2D eigenvalue weighted by Crippen LogP contribution is 2.10. The Morgan fingerprint density at radius 2 is 0.885 bits per heavy atom. The maximum Gasteiger partial charge on any atom is -0.0167 e. The van der Waals surface area contributed by atoms with Crippen LogP contribution in [0.1, 0.15) is 110 Å². The summed E-state index contributed by atoms with van der Waals surface area (Å²) in [6.45, 7) is 6.80. The van der Waals surface area contributed by atoms with E-state index < -0.39 is 0 Å². The van der Waals surface area contributed by atoms with Gasteiger partial charge in [0.2, 0.25) is 0 Å². The summed E-state index contributed by atoms with van der Waals surface area (Å²) < 4.78 is 0. The molecule has 1 N–H and O–H groups in total. The summed E-state index contributed by atoms with van der Waals surface area (Å²) in [6.07, 6.45) is 19.7. The molecule has 26 heavy (non-hydrogen) atoms. The molecule has 1 aromatic rings. The maximum atomic E-state index is 2.75. The van der Waals surface area contributed by atoms with Crippen molar-refractivity contribution >= 4 is 0 Å². The molecule has 0 aliphatic carbocycles. The molecule has 1 heteroatoms. The Labute approximate surface area is 166 Å². The Hall–Kier alpha value is -0.820. The molecule has 0 atom stereocenters. The summed E-state index contributed by atoms with van der Waals surface area (Å²) in [5.41, 5.74) is 1.47. The van der Waals surface area contributed by atoms with Gasteiger partial charge in [0.25, 0.3) is 0 Å². The van der Waals surface area contributed by atoms with E-state index in [1.165, 1.54) is 95.5 Å². The zero-order valence-corrected chi connectivity index (χ0v) is 18.8. The number of hydrogen-bond donors (Lipinski definition) is 1. The van der Waals surface area contributed by atoms with Crippen molar-refractivity contribution in [1.82, 2.24) is 5.32 Å². The second-order valence-electron chi connectivity index (χ2n) is 7.27. The second-order valence-corrected chi connectivity index (χ2v) is 7.27. The van der Waals surface area contributed by atoms with Crippen molar-refractivity contribution in [3.05, 3.63) is 35.9 Å². The normalized spacial score (nSPS) is 9.73. The van der Waals surface area contributed by atoms with Crippen LogP contribution in [0, 0.1) is 0 Å². The molecule has 0 unspecified atom stereocenters. The van der Waals surface area contributed by atoms with E-state index in [0.717, 1.165) is 0 Å². The molecule has 0 aliphatic rings. The van der Waals surface area contributed by atoms with Gasteiger partial charge in [0.15, 0.2) is 0 Å². The van der Waals surface area contributed by atoms with Gasteiger partial charge in [-0.15, -0.1) is 0 Å². The third-order valence-electron chi connectivity index (χ3n) is 4.37. The fraction of sp³-hybridized carbons (Fsp3) is 0.760. The maximum absolute atomic E-state index is 2.75. The van der Waals surface area contributed by atoms with Crippen LogP contribution in [0.4, 0.5) is 0 Å². The average Bonchev–Trinajstić information content (AvgIpc) is 2.66. The molecular formula is C25H49N. The molecule has 0 amide bonds. The van der Waals surface area contributed by atoms with Crippen LogP contribution in [0.25, 0.3) is 0 Å². The van der Waals surface area contributed by atoms with Crippen LogP contribution in [0.15, 0.2) is 30.3 Å². The van der Waals surface area contributed by atoms with E-state index in [9.17, 15) is 0 Å². The fourth-order valence-corrected chi connectivity index (χ4v) is 2.78. The van der Waals surface area contributed by atoms with E-state index in [-0.39, 0.29) is 0 Å². The van der Waals surface area contributed by atoms with Gasteiger partial charge < -0.3 is 5.32 Å². The standard InChI is InChI=1S/C12H26.C11H16.C2H7N/c1-3-5-7-9-11-12-10-8-6-4-2;1-2-3-5-8-11-9-6-4-7-10-11;1-3-2/h3-12H2,1-2H3;4,6-7,9-10H,2-3,5,8H2,1H3;3H,1-2H3. The molecule has 0 bridgehead atoms. The number of rotatable bonds is 13. The number of unbranched alkanes of at least 4 members (excludes halogenated alkanes) is 11. The minimum atomic E-state index is 1.24. The van der Waals surface area contributed by atoms with Crippen LogP contribution in [-0.2, 0) is 6.42 Å². The topological polar surface area (TPSA) is 12.0 Å². The largest absolute Gasteiger partial charge is 0.323 e. The van der Waals surface area contributed by atoms with Crippen LogP contribution in [0.2, 0.25) is 0 Å². The first-order valence-corrected chi connectivity index (χ1v) is 11.4. The van der Waals surface area contributed by atoms with Crippen LogP contribution in [0.5, 0.6) is 0 Å². The molecule has 0 saturated carbocycles. The van der Waals surface area contributed by atoms with Crippen molar-refractivity contribution in [2.75, 3.05) is 14.1 Å². The van der Waals surface area contributed by atoms with Gasteiger partial charge in [-0.25, -0.2) is 0 Å². The number of benzene rings is 1. The van der Waals surface area contributed by atoms with E-state index in [1.54, 1.807) is 0 Å². The lowest BCUT2D eigenvalue weighted by molar-refractivity contribution is 0.562. The smallest absolute Gasteiger partial charge is 0.0167 e. The third-order valence-corrected chi connectivity index (χ3v) is 4.37. The summed E-state index contributed by atoms with van der Waals surface area (Å²) in [7, 11) is 3.75. The molecule has 1 aromatic carbocycles. The van der Waals surface area contributed by atoms with Crippen molar-refractivity contribution in [3.63, 3.8) is 0 Å². The first-order valence-electron chi connectivity index (χ1n) is 11.4. The Kier molecular flexibility index (Phi) is 27.8. The summed E-state index contributed by atoms with van der Waals surface area (Å²) >= 11 is 0. The van der Waals surface area contributed by atoms with Gasteiger partial charge in [0.05, 0.1) is 0 Å². The van der Waals surface area contributed by atoms with Crippen molar-refractivity contribution in [3.8, 4) is 0 Å². The first-order chi connectivity index (χ1) is 12.8. The molecule has 1 rings (SSSR count). The molecule has 1 nitrogen and oxygen atoms in total. The predicted molar refractivity (Wildman–Crippen MR) is 122 cm³/mol. The molecule has 0 fully saturated rings. The highest BCUT2D eigenvalue weighted by atomic mass is 14.7. The molecule has 0 saturated heterocycles. The van der Waals surface area contributed by atoms with Gasteiger partial charge in [0, 0.05) is 0 Å². The first kappa shape index (κ1) is 27.4. The van der Waals surface area contributed by atoms with E-state index in [1.807, 2.05) is 14.1 Å². The third kappa shape index (κ3) is 25.4. The van der Waals surface area contributed by atoms with Gasteiger partial charge in [0.1, 0.15) is 0 Å². The minimum absolute atomic E-state index is 1.24. The lowest BCUT2D eigenvalue weighted by Crippen LogP contribution is -1.89. The van der Waals surface area contributed by atoms with E-state index in [4.69, 9.17) is 0 Å². The lowest BCUT2D eigenvalue weighted by atomic mass is 10.1. The van der Waals surface area contributed by atoms with Gasteiger partial charge in [-0.1, -0.05) is 128 Å².